The van der Waals surface area contributed by atoms with Crippen LogP contribution in [0.15, 0.2) is 30.3 Å². The predicted molar refractivity (Wildman–Crippen MR) is 60.6 cm³/mol. The van der Waals surface area contributed by atoms with Crippen LogP contribution < -0.4 is 5.30 Å². The van der Waals surface area contributed by atoms with Gasteiger partial charge in [-0.15, -0.1) is 0 Å². The highest BCUT2D eigenvalue weighted by Crippen LogP contribution is 2.21. The SMILES string of the molecule is CCCCCO[PH](=O)c1ccccc1. The highest BCUT2D eigenvalue weighted by molar-refractivity contribution is 7.48. The average molecular weight is 212 g/mol. The van der Waals surface area contributed by atoms with Crippen molar-refractivity contribution in [2.45, 2.75) is 26.2 Å². The first kappa shape index (κ1) is 11.5. The Morgan fingerprint density at radius 1 is 1.21 bits per heavy atom. The molecule has 1 aromatic rings. The number of hydrogen-bond acceptors (Lipinski definition) is 2. The topological polar surface area (TPSA) is 26.3 Å². The van der Waals surface area contributed by atoms with Crippen LogP contribution >= 0.6 is 8.03 Å². The van der Waals surface area contributed by atoms with Gasteiger partial charge in [0.25, 0.3) is 0 Å². The van der Waals surface area contributed by atoms with E-state index in [1.165, 1.54) is 0 Å². The maximum absolute atomic E-state index is 11.6. The van der Waals surface area contributed by atoms with Gasteiger partial charge in [-0.25, -0.2) is 0 Å². The molecule has 0 aliphatic heterocycles. The van der Waals surface area contributed by atoms with Gasteiger partial charge in [-0.1, -0.05) is 38.0 Å². The molecule has 0 bridgehead atoms. The summed E-state index contributed by atoms with van der Waals surface area (Å²) in [5.74, 6) is 0. The van der Waals surface area contributed by atoms with E-state index in [1.54, 1.807) is 0 Å². The molecule has 0 saturated carbocycles. The van der Waals surface area contributed by atoms with Gasteiger partial charge < -0.3 is 4.52 Å². The Morgan fingerprint density at radius 2 is 1.93 bits per heavy atom. The molecule has 0 spiro atoms. The Balaban J connectivity index is 2.29. The lowest BCUT2D eigenvalue weighted by atomic mass is 10.3. The van der Waals surface area contributed by atoms with E-state index in [4.69, 9.17) is 4.52 Å². The summed E-state index contributed by atoms with van der Waals surface area (Å²) in [7, 11) is -2.00. The van der Waals surface area contributed by atoms with E-state index in [1.807, 2.05) is 30.3 Å². The molecule has 1 atom stereocenters. The number of hydrogen-bond donors (Lipinski definition) is 0. The molecule has 14 heavy (non-hydrogen) atoms. The third-order valence-electron chi connectivity index (χ3n) is 1.99. The second-order valence-corrected chi connectivity index (χ2v) is 4.65. The van der Waals surface area contributed by atoms with E-state index in [-0.39, 0.29) is 0 Å². The molecule has 0 aromatic heterocycles. The minimum atomic E-state index is -2.00. The molecule has 0 amide bonds. The van der Waals surface area contributed by atoms with Crippen LogP contribution in [-0.2, 0) is 9.09 Å². The van der Waals surface area contributed by atoms with Crippen molar-refractivity contribution in [1.82, 2.24) is 0 Å². The van der Waals surface area contributed by atoms with Gasteiger partial charge in [0, 0.05) is 5.30 Å². The van der Waals surface area contributed by atoms with E-state index in [2.05, 4.69) is 6.92 Å². The Bertz CT molecular complexity index is 272. The minimum Gasteiger partial charge on any atom is -0.327 e. The lowest BCUT2D eigenvalue weighted by Gasteiger charge is -2.03. The normalized spacial score (nSPS) is 12.6. The summed E-state index contributed by atoms with van der Waals surface area (Å²) >= 11 is 0. The molecule has 0 aliphatic rings. The van der Waals surface area contributed by atoms with Crippen LogP contribution in [0.3, 0.4) is 0 Å². The largest absolute Gasteiger partial charge is 0.327 e. The number of benzene rings is 1. The van der Waals surface area contributed by atoms with Crippen molar-refractivity contribution in [2.75, 3.05) is 6.61 Å². The number of rotatable bonds is 6. The highest BCUT2D eigenvalue weighted by atomic mass is 31.1. The quantitative estimate of drug-likeness (QED) is 0.535. The van der Waals surface area contributed by atoms with Crippen LogP contribution in [0.25, 0.3) is 0 Å². The van der Waals surface area contributed by atoms with E-state index in [0.29, 0.717) is 6.61 Å². The maximum atomic E-state index is 11.6. The molecular formula is C11H17O2P. The Hall–Kier alpha value is -0.590. The van der Waals surface area contributed by atoms with Crippen LogP contribution in [0.4, 0.5) is 0 Å². The Kier molecular flexibility index (Phi) is 5.58. The zero-order chi connectivity index (χ0) is 10.2. The first-order valence-corrected chi connectivity index (χ1v) is 6.38. The van der Waals surface area contributed by atoms with Crippen LogP contribution in [0.1, 0.15) is 26.2 Å². The van der Waals surface area contributed by atoms with Gasteiger partial charge in [-0.2, -0.15) is 0 Å². The first-order valence-electron chi connectivity index (χ1n) is 5.06. The van der Waals surface area contributed by atoms with Crippen LogP contribution in [-0.4, -0.2) is 6.61 Å². The van der Waals surface area contributed by atoms with Gasteiger partial charge >= 0.3 is 0 Å². The minimum absolute atomic E-state index is 0.612. The summed E-state index contributed by atoms with van der Waals surface area (Å²) in [5.41, 5.74) is 0. The Labute approximate surface area is 86.2 Å². The van der Waals surface area contributed by atoms with Crippen molar-refractivity contribution < 1.29 is 9.09 Å². The lowest BCUT2D eigenvalue weighted by molar-refractivity contribution is 0.323. The molecule has 0 fully saturated rings. The van der Waals surface area contributed by atoms with E-state index >= 15 is 0 Å². The van der Waals surface area contributed by atoms with Crippen molar-refractivity contribution in [3.8, 4) is 0 Å². The molecule has 0 heterocycles. The van der Waals surface area contributed by atoms with Gasteiger partial charge in [0.15, 0.2) is 0 Å². The lowest BCUT2D eigenvalue weighted by Crippen LogP contribution is -1.97. The zero-order valence-electron chi connectivity index (χ0n) is 8.53. The molecule has 0 saturated heterocycles. The second kappa shape index (κ2) is 6.80. The molecule has 1 aromatic carbocycles. The van der Waals surface area contributed by atoms with Crippen LogP contribution in [0, 0.1) is 0 Å². The van der Waals surface area contributed by atoms with Crippen molar-refractivity contribution in [3.63, 3.8) is 0 Å². The van der Waals surface area contributed by atoms with Crippen LogP contribution in [0.5, 0.6) is 0 Å². The predicted octanol–water partition coefficient (Wildman–Crippen LogP) is 2.99. The van der Waals surface area contributed by atoms with E-state index in [0.717, 1.165) is 24.6 Å². The molecule has 0 N–H and O–H groups in total. The van der Waals surface area contributed by atoms with Gasteiger partial charge in [0.1, 0.15) is 0 Å². The smallest absolute Gasteiger partial charge is 0.220 e. The van der Waals surface area contributed by atoms with Gasteiger partial charge in [-0.05, 0) is 18.6 Å². The van der Waals surface area contributed by atoms with E-state index < -0.39 is 8.03 Å². The third-order valence-corrected chi connectivity index (χ3v) is 3.26. The molecule has 0 radical (unpaired) electrons. The highest BCUT2D eigenvalue weighted by Gasteiger charge is 2.01. The summed E-state index contributed by atoms with van der Waals surface area (Å²) in [6.07, 6.45) is 3.30. The molecule has 1 unspecified atom stereocenters. The number of unbranched alkanes of at least 4 members (excludes halogenated alkanes) is 2. The average Bonchev–Trinajstić information content (AvgIpc) is 2.25. The standard InChI is InChI=1S/C11H17O2P/c1-2-3-7-10-13-14(12)11-8-5-4-6-9-11/h4-6,8-9,14H,2-3,7,10H2,1H3. The van der Waals surface area contributed by atoms with Gasteiger partial charge in [-0.3, -0.25) is 4.57 Å². The fraction of sp³-hybridized carbons (Fsp3) is 0.455. The molecule has 1 rings (SSSR count). The monoisotopic (exact) mass is 212 g/mol. The van der Waals surface area contributed by atoms with Gasteiger partial charge in [0.2, 0.25) is 8.03 Å². The zero-order valence-corrected chi connectivity index (χ0v) is 9.53. The summed E-state index contributed by atoms with van der Waals surface area (Å²) < 4.78 is 16.8. The maximum Gasteiger partial charge on any atom is 0.220 e. The summed E-state index contributed by atoms with van der Waals surface area (Å²) in [4.78, 5) is 0. The van der Waals surface area contributed by atoms with E-state index in [9.17, 15) is 4.57 Å². The molecular weight excluding hydrogens is 195 g/mol. The van der Waals surface area contributed by atoms with Crippen molar-refractivity contribution in [3.05, 3.63) is 30.3 Å². The first-order chi connectivity index (χ1) is 6.84. The summed E-state index contributed by atoms with van der Waals surface area (Å²) in [6.45, 7) is 2.75. The molecule has 0 aliphatic carbocycles. The molecule has 78 valence electrons. The fourth-order valence-electron chi connectivity index (χ4n) is 1.17. The Morgan fingerprint density at radius 3 is 2.57 bits per heavy atom. The fourth-order valence-corrected chi connectivity index (χ4v) is 2.14. The van der Waals surface area contributed by atoms with Crippen LogP contribution in [0.2, 0.25) is 0 Å². The van der Waals surface area contributed by atoms with Gasteiger partial charge in [0.05, 0.1) is 6.61 Å². The summed E-state index contributed by atoms with van der Waals surface area (Å²) in [6, 6.07) is 9.37. The van der Waals surface area contributed by atoms with Crippen molar-refractivity contribution in [2.24, 2.45) is 0 Å². The van der Waals surface area contributed by atoms with Crippen molar-refractivity contribution >= 4 is 13.3 Å². The molecule has 2 nitrogen and oxygen atoms in total. The third kappa shape index (κ3) is 4.08. The second-order valence-electron chi connectivity index (χ2n) is 3.21. The van der Waals surface area contributed by atoms with Crippen molar-refractivity contribution in [1.29, 1.82) is 0 Å². The molecule has 3 heteroatoms. The summed E-state index contributed by atoms with van der Waals surface area (Å²) in [5, 5.41) is 0.814.